The number of benzene rings is 2. The van der Waals surface area contributed by atoms with Crippen LogP contribution >= 0.6 is 15.9 Å². The summed E-state index contributed by atoms with van der Waals surface area (Å²) in [5, 5.41) is 7.15. The highest BCUT2D eigenvalue weighted by Gasteiger charge is 2.06. The molecule has 5 N–H and O–H groups in total. The van der Waals surface area contributed by atoms with Gasteiger partial charge in [0.05, 0.1) is 11.1 Å². The van der Waals surface area contributed by atoms with Crippen LogP contribution in [-0.4, -0.2) is 25.1 Å². The predicted molar refractivity (Wildman–Crippen MR) is 98.5 cm³/mol. The molecule has 0 heterocycles. The third-order valence-corrected chi connectivity index (χ3v) is 3.91. The van der Waals surface area contributed by atoms with Crippen LogP contribution in [0, 0.1) is 6.92 Å². The molecule has 2 aromatic carbocycles. The number of nitrogens with zero attached hydrogens (tertiary/aromatic N) is 2. The second-order valence-electron chi connectivity index (χ2n) is 4.61. The maximum atomic E-state index is 10.5. The number of aryl methyl sites for hydroxylation is 1. The smallest absolute Gasteiger partial charge is 0.294 e. The van der Waals surface area contributed by atoms with Crippen molar-refractivity contribution in [3.8, 4) is 0 Å². The molecule has 0 saturated carbocycles. The summed E-state index contributed by atoms with van der Waals surface area (Å²) in [6.07, 6.45) is 1.57. The van der Waals surface area contributed by atoms with Gasteiger partial charge in [-0.3, -0.25) is 4.55 Å². The highest BCUT2D eigenvalue weighted by molar-refractivity contribution is 9.10. The highest BCUT2D eigenvalue weighted by Crippen LogP contribution is 2.10. The molecular formula is C15H17BrN4O3S. The van der Waals surface area contributed by atoms with E-state index >= 15 is 0 Å². The van der Waals surface area contributed by atoms with Gasteiger partial charge in [-0.2, -0.15) is 13.5 Å². The van der Waals surface area contributed by atoms with Gasteiger partial charge < -0.3 is 11.5 Å². The zero-order chi connectivity index (χ0) is 18.2. The molecule has 0 atom stereocenters. The number of guanidine groups is 1. The summed E-state index contributed by atoms with van der Waals surface area (Å²) in [5.41, 5.74) is 12.1. The molecule has 0 aromatic heterocycles. The fraction of sp³-hybridized carbons (Fsp3) is 0.0667. The molecular weight excluding hydrogens is 396 g/mol. The summed E-state index contributed by atoms with van der Waals surface area (Å²) >= 11 is 3.34. The second-order valence-corrected chi connectivity index (χ2v) is 6.95. The molecule has 2 aromatic rings. The van der Waals surface area contributed by atoms with E-state index in [-0.39, 0.29) is 10.9 Å². The molecule has 9 heteroatoms. The van der Waals surface area contributed by atoms with Gasteiger partial charge in [-0.1, -0.05) is 45.8 Å². The van der Waals surface area contributed by atoms with Crippen LogP contribution in [-0.2, 0) is 10.1 Å². The van der Waals surface area contributed by atoms with Crippen molar-refractivity contribution in [2.24, 2.45) is 21.7 Å². The number of nitrogens with two attached hydrogens (primary N) is 2. The van der Waals surface area contributed by atoms with Crippen LogP contribution in [0.2, 0.25) is 0 Å². The average molecular weight is 413 g/mol. The van der Waals surface area contributed by atoms with Crippen molar-refractivity contribution in [1.29, 1.82) is 0 Å². The summed E-state index contributed by atoms with van der Waals surface area (Å²) in [5.74, 6) is -0.0498. The van der Waals surface area contributed by atoms with Crippen LogP contribution in [0.5, 0.6) is 0 Å². The summed E-state index contributed by atoms with van der Waals surface area (Å²) in [6.45, 7) is 1.84. The average Bonchev–Trinajstić information content (AvgIpc) is 2.47. The first-order chi connectivity index (χ1) is 11.2. The number of hydrogen-bond donors (Lipinski definition) is 3. The molecule has 24 heavy (non-hydrogen) atoms. The molecule has 2 rings (SSSR count). The van der Waals surface area contributed by atoms with E-state index in [9.17, 15) is 8.42 Å². The Morgan fingerprint density at radius 3 is 2.29 bits per heavy atom. The first-order valence-corrected chi connectivity index (χ1v) is 8.83. The lowest BCUT2D eigenvalue weighted by atomic mass is 10.2. The summed E-state index contributed by atoms with van der Waals surface area (Å²) in [7, 11) is -4.02. The van der Waals surface area contributed by atoms with Gasteiger partial charge in [-0.25, -0.2) is 0 Å². The SMILES string of the molecule is Cc1ccc(S(=O)(=O)O)cc1.NC(N)=NN=Cc1cccc(Br)c1. The Hall–Kier alpha value is -2.23. The van der Waals surface area contributed by atoms with Crippen molar-refractivity contribution >= 4 is 38.2 Å². The van der Waals surface area contributed by atoms with E-state index in [0.29, 0.717) is 0 Å². The number of hydrogen-bond acceptors (Lipinski definition) is 4. The Labute approximate surface area is 149 Å². The molecule has 0 aliphatic heterocycles. The minimum absolute atomic E-state index is 0.0498. The van der Waals surface area contributed by atoms with Crippen molar-refractivity contribution in [2.45, 2.75) is 11.8 Å². The largest absolute Gasteiger partial charge is 0.369 e. The third kappa shape index (κ3) is 7.86. The van der Waals surface area contributed by atoms with Crippen LogP contribution < -0.4 is 11.5 Å². The normalized spacial score (nSPS) is 10.8. The first kappa shape index (κ1) is 19.8. The topological polar surface area (TPSA) is 131 Å². The van der Waals surface area contributed by atoms with E-state index in [4.69, 9.17) is 16.0 Å². The molecule has 0 saturated heterocycles. The van der Waals surface area contributed by atoms with Gasteiger partial charge in [0, 0.05) is 4.47 Å². The maximum absolute atomic E-state index is 10.5. The second kappa shape index (κ2) is 9.16. The van der Waals surface area contributed by atoms with Crippen LogP contribution in [0.4, 0.5) is 0 Å². The van der Waals surface area contributed by atoms with Crippen LogP contribution in [0.25, 0.3) is 0 Å². The minimum atomic E-state index is -4.02. The monoisotopic (exact) mass is 412 g/mol. The lowest BCUT2D eigenvalue weighted by Gasteiger charge is -1.95. The Morgan fingerprint density at radius 1 is 1.17 bits per heavy atom. The van der Waals surface area contributed by atoms with E-state index < -0.39 is 10.1 Å². The Morgan fingerprint density at radius 2 is 1.79 bits per heavy atom. The summed E-state index contributed by atoms with van der Waals surface area (Å²) < 4.78 is 30.5. The molecule has 0 radical (unpaired) electrons. The van der Waals surface area contributed by atoms with Gasteiger partial charge in [0.2, 0.25) is 5.96 Å². The summed E-state index contributed by atoms with van der Waals surface area (Å²) in [4.78, 5) is -0.0666. The first-order valence-electron chi connectivity index (χ1n) is 6.60. The van der Waals surface area contributed by atoms with E-state index in [2.05, 4.69) is 26.1 Å². The highest BCUT2D eigenvalue weighted by atomic mass is 79.9. The number of halogens is 1. The molecule has 128 valence electrons. The van der Waals surface area contributed by atoms with Gasteiger partial charge in [-0.05, 0) is 36.8 Å². The van der Waals surface area contributed by atoms with Crippen LogP contribution in [0.1, 0.15) is 11.1 Å². The third-order valence-electron chi connectivity index (χ3n) is 2.55. The molecule has 0 amide bonds. The van der Waals surface area contributed by atoms with Crippen molar-refractivity contribution < 1.29 is 13.0 Å². The minimum Gasteiger partial charge on any atom is -0.369 e. The fourth-order valence-corrected chi connectivity index (χ4v) is 2.36. The Balaban J connectivity index is 0.000000243. The predicted octanol–water partition coefficient (Wildman–Crippen LogP) is 2.30. The molecule has 7 nitrogen and oxygen atoms in total. The fourth-order valence-electron chi connectivity index (χ4n) is 1.46. The standard InChI is InChI=1S/C8H9BrN4.C7H8O3S/c9-7-3-1-2-6(4-7)5-12-13-8(10)11;1-6-2-4-7(5-3-6)11(8,9)10/h1-5H,(H4,10,11,13);2-5H,1H3,(H,8,9,10). The van der Waals surface area contributed by atoms with Crippen molar-refractivity contribution in [3.63, 3.8) is 0 Å². The molecule has 0 aliphatic rings. The van der Waals surface area contributed by atoms with Crippen molar-refractivity contribution in [3.05, 3.63) is 64.1 Å². The zero-order valence-electron chi connectivity index (χ0n) is 12.8. The van der Waals surface area contributed by atoms with E-state index in [0.717, 1.165) is 15.6 Å². The Kier molecular flexibility index (Phi) is 7.56. The molecule has 0 aliphatic carbocycles. The van der Waals surface area contributed by atoms with Crippen molar-refractivity contribution in [1.82, 2.24) is 0 Å². The molecule has 0 unspecified atom stereocenters. The van der Waals surface area contributed by atoms with E-state index in [1.54, 1.807) is 18.3 Å². The quantitative estimate of drug-likeness (QED) is 0.308. The van der Waals surface area contributed by atoms with Crippen LogP contribution in [0.15, 0.2) is 68.1 Å². The summed E-state index contributed by atoms with van der Waals surface area (Å²) in [6, 6.07) is 13.6. The molecule has 0 fully saturated rings. The lowest BCUT2D eigenvalue weighted by molar-refractivity contribution is 0.483. The van der Waals surface area contributed by atoms with Gasteiger partial charge in [0.15, 0.2) is 0 Å². The van der Waals surface area contributed by atoms with Crippen molar-refractivity contribution in [2.75, 3.05) is 0 Å². The molecule has 0 bridgehead atoms. The Bertz CT molecular complexity index is 830. The zero-order valence-corrected chi connectivity index (χ0v) is 15.2. The van der Waals surface area contributed by atoms with E-state index in [1.807, 2.05) is 31.2 Å². The van der Waals surface area contributed by atoms with Gasteiger partial charge >= 0.3 is 0 Å². The van der Waals surface area contributed by atoms with E-state index in [1.165, 1.54) is 12.1 Å². The maximum Gasteiger partial charge on any atom is 0.294 e. The number of rotatable bonds is 3. The molecule has 0 spiro atoms. The van der Waals surface area contributed by atoms with Gasteiger partial charge in [0.1, 0.15) is 0 Å². The van der Waals surface area contributed by atoms with Gasteiger partial charge in [-0.15, -0.1) is 5.10 Å². The van der Waals surface area contributed by atoms with Gasteiger partial charge in [0.25, 0.3) is 10.1 Å². The van der Waals surface area contributed by atoms with Crippen LogP contribution in [0.3, 0.4) is 0 Å². The lowest BCUT2D eigenvalue weighted by Crippen LogP contribution is -2.21.